The van der Waals surface area contributed by atoms with E-state index in [1.807, 2.05) is 38.1 Å². The maximum atomic E-state index is 12.4. The van der Waals surface area contributed by atoms with Gasteiger partial charge in [0.1, 0.15) is 5.69 Å². The molecule has 0 saturated heterocycles. The molecule has 0 spiro atoms. The van der Waals surface area contributed by atoms with E-state index in [1.54, 1.807) is 11.3 Å². The lowest BCUT2D eigenvalue weighted by Crippen LogP contribution is -2.36. The van der Waals surface area contributed by atoms with Gasteiger partial charge in [0.2, 0.25) is 0 Å². The highest BCUT2D eigenvalue weighted by molar-refractivity contribution is 7.18. The molecule has 1 aromatic carbocycles. The fourth-order valence-electron chi connectivity index (χ4n) is 2.66. The number of hydrogen-bond acceptors (Lipinski definition) is 5. The van der Waals surface area contributed by atoms with Gasteiger partial charge in [-0.2, -0.15) is 5.10 Å². The van der Waals surface area contributed by atoms with Crippen LogP contribution in [0.4, 0.5) is 0 Å². The van der Waals surface area contributed by atoms with Crippen molar-refractivity contribution < 1.29 is 4.79 Å². The molecule has 0 aliphatic heterocycles. The largest absolute Gasteiger partial charge is 0.348 e. The van der Waals surface area contributed by atoms with E-state index in [9.17, 15) is 9.59 Å². The Morgan fingerprint density at radius 1 is 1.27 bits per heavy atom. The maximum Gasteiger partial charge on any atom is 0.271 e. The van der Waals surface area contributed by atoms with Crippen molar-refractivity contribution in [3.05, 3.63) is 57.5 Å². The predicted octanol–water partition coefficient (Wildman–Crippen LogP) is 3.01. The molecule has 0 fully saturated rings. The fourth-order valence-corrected chi connectivity index (χ4v) is 3.75. The Morgan fingerprint density at radius 3 is 2.85 bits per heavy atom. The number of carbonyl (C=O) groups excluding carboxylic acids is 1. The number of fused-ring (bicyclic) bond motifs is 1. The lowest BCUT2D eigenvalue weighted by Gasteiger charge is -2.12. The van der Waals surface area contributed by atoms with Crippen LogP contribution in [0.15, 0.2) is 41.2 Å². The summed E-state index contributed by atoms with van der Waals surface area (Å²) in [5, 5.41) is 8.11. The van der Waals surface area contributed by atoms with Crippen LogP contribution in [0.5, 0.6) is 0 Å². The van der Waals surface area contributed by atoms with E-state index in [0.717, 1.165) is 28.1 Å². The number of unbranched alkanes of at least 4 members (excludes halogenated alkanes) is 1. The minimum atomic E-state index is -0.274. The Bertz CT molecular complexity index is 930. The van der Waals surface area contributed by atoms with Crippen LogP contribution >= 0.6 is 11.3 Å². The molecule has 6 nitrogen and oxygen atoms in total. The zero-order chi connectivity index (χ0) is 18.5. The molecule has 26 heavy (non-hydrogen) atoms. The maximum absolute atomic E-state index is 12.4. The molecule has 136 valence electrons. The van der Waals surface area contributed by atoms with Crippen molar-refractivity contribution in [1.82, 2.24) is 20.1 Å². The van der Waals surface area contributed by atoms with Gasteiger partial charge in [0, 0.05) is 25.1 Å². The van der Waals surface area contributed by atoms with Crippen LogP contribution in [-0.2, 0) is 13.0 Å². The van der Waals surface area contributed by atoms with E-state index in [4.69, 9.17) is 0 Å². The normalized spacial score (nSPS) is 12.2. The molecule has 1 unspecified atom stereocenters. The first-order chi connectivity index (χ1) is 12.6. The molecule has 0 radical (unpaired) electrons. The van der Waals surface area contributed by atoms with Gasteiger partial charge in [-0.25, -0.2) is 9.67 Å². The second kappa shape index (κ2) is 8.23. The number of rotatable bonds is 7. The summed E-state index contributed by atoms with van der Waals surface area (Å²) in [6.45, 7) is 4.51. The number of aromatic nitrogens is 3. The van der Waals surface area contributed by atoms with Crippen molar-refractivity contribution in [2.45, 2.75) is 45.7 Å². The van der Waals surface area contributed by atoms with Gasteiger partial charge in [-0.05, 0) is 31.5 Å². The number of benzene rings is 1. The number of thiazole rings is 1. The first-order valence-corrected chi connectivity index (χ1v) is 9.62. The molecule has 1 amide bonds. The first-order valence-electron chi connectivity index (χ1n) is 8.80. The van der Waals surface area contributed by atoms with E-state index >= 15 is 0 Å². The van der Waals surface area contributed by atoms with Gasteiger partial charge in [0.15, 0.2) is 0 Å². The van der Waals surface area contributed by atoms with Crippen molar-refractivity contribution in [3.8, 4) is 0 Å². The van der Waals surface area contributed by atoms with Gasteiger partial charge in [-0.3, -0.25) is 9.59 Å². The molecular formula is C19H22N4O2S. The molecule has 2 heterocycles. The molecule has 3 aromatic rings. The van der Waals surface area contributed by atoms with Gasteiger partial charge in [-0.1, -0.05) is 25.5 Å². The summed E-state index contributed by atoms with van der Waals surface area (Å²) in [6, 6.07) is 10.8. The van der Waals surface area contributed by atoms with Crippen LogP contribution in [0.2, 0.25) is 0 Å². The van der Waals surface area contributed by atoms with E-state index < -0.39 is 0 Å². The van der Waals surface area contributed by atoms with E-state index in [0.29, 0.717) is 13.0 Å². The minimum absolute atomic E-state index is 0.0825. The smallest absolute Gasteiger partial charge is 0.271 e. The zero-order valence-electron chi connectivity index (χ0n) is 14.9. The van der Waals surface area contributed by atoms with Crippen molar-refractivity contribution in [1.29, 1.82) is 0 Å². The predicted molar refractivity (Wildman–Crippen MR) is 104 cm³/mol. The molecule has 0 bridgehead atoms. The van der Waals surface area contributed by atoms with Crippen molar-refractivity contribution in [3.63, 3.8) is 0 Å². The van der Waals surface area contributed by atoms with Gasteiger partial charge in [0.25, 0.3) is 11.5 Å². The van der Waals surface area contributed by atoms with Crippen LogP contribution < -0.4 is 10.9 Å². The van der Waals surface area contributed by atoms with Gasteiger partial charge in [-0.15, -0.1) is 11.3 Å². The number of para-hydroxylation sites is 1. The number of amides is 1. The molecule has 2 aromatic heterocycles. The van der Waals surface area contributed by atoms with Gasteiger partial charge in [0.05, 0.1) is 15.2 Å². The number of nitrogens with zero attached hydrogens (tertiary/aromatic N) is 3. The summed E-state index contributed by atoms with van der Waals surface area (Å²) in [7, 11) is 0. The first kappa shape index (κ1) is 18.3. The molecule has 0 saturated carbocycles. The number of aryl methyl sites for hydroxylation is 1. The monoisotopic (exact) mass is 370 g/mol. The van der Waals surface area contributed by atoms with Gasteiger partial charge < -0.3 is 5.32 Å². The van der Waals surface area contributed by atoms with Crippen LogP contribution in [0, 0.1) is 0 Å². The highest BCUT2D eigenvalue weighted by Crippen LogP contribution is 2.22. The molecule has 0 aliphatic rings. The second-order valence-corrected chi connectivity index (χ2v) is 7.40. The SMILES string of the molecule is CCCCn1nc(C(=O)NC(C)Cc2nc3ccccc3s2)ccc1=O. The Balaban J connectivity index is 1.66. The van der Waals surface area contributed by atoms with Crippen molar-refractivity contribution in [2.75, 3.05) is 0 Å². The highest BCUT2D eigenvalue weighted by Gasteiger charge is 2.14. The van der Waals surface area contributed by atoms with Crippen LogP contribution in [0.1, 0.15) is 42.2 Å². The molecule has 3 rings (SSSR count). The van der Waals surface area contributed by atoms with E-state index in [2.05, 4.69) is 15.4 Å². The lowest BCUT2D eigenvalue weighted by molar-refractivity contribution is 0.0932. The third kappa shape index (κ3) is 4.35. The third-order valence-corrected chi connectivity index (χ3v) is 5.08. The third-order valence-electron chi connectivity index (χ3n) is 4.02. The summed E-state index contributed by atoms with van der Waals surface area (Å²) >= 11 is 1.64. The quantitative estimate of drug-likeness (QED) is 0.693. The minimum Gasteiger partial charge on any atom is -0.348 e. The number of hydrogen-bond donors (Lipinski definition) is 1. The van der Waals surface area contributed by atoms with E-state index in [-0.39, 0.29) is 23.2 Å². The highest BCUT2D eigenvalue weighted by atomic mass is 32.1. The van der Waals surface area contributed by atoms with E-state index in [1.165, 1.54) is 16.8 Å². The Kier molecular flexibility index (Phi) is 5.78. The Hall–Kier alpha value is -2.54. The van der Waals surface area contributed by atoms with Crippen LogP contribution in [-0.4, -0.2) is 26.7 Å². The Morgan fingerprint density at radius 2 is 2.08 bits per heavy atom. The molecule has 1 N–H and O–H groups in total. The van der Waals surface area contributed by atoms with Crippen molar-refractivity contribution >= 4 is 27.5 Å². The summed E-state index contributed by atoms with van der Waals surface area (Å²) in [4.78, 5) is 28.9. The standard InChI is InChI=1S/C19H22N4O2S/c1-3-4-11-23-18(24)10-9-15(22-23)19(25)20-13(2)12-17-21-14-7-5-6-8-16(14)26-17/h5-10,13H,3-4,11-12H2,1-2H3,(H,20,25). The average molecular weight is 370 g/mol. The topological polar surface area (TPSA) is 76.9 Å². The fraction of sp³-hybridized carbons (Fsp3) is 0.368. The summed E-state index contributed by atoms with van der Waals surface area (Å²) in [5.41, 5.74) is 1.06. The van der Waals surface area contributed by atoms with Crippen LogP contribution in [0.25, 0.3) is 10.2 Å². The molecule has 1 atom stereocenters. The molecular weight excluding hydrogens is 348 g/mol. The molecule has 7 heteroatoms. The molecule has 0 aliphatic carbocycles. The number of nitrogens with one attached hydrogen (secondary N) is 1. The number of carbonyl (C=O) groups is 1. The summed E-state index contributed by atoms with van der Waals surface area (Å²) < 4.78 is 2.50. The summed E-state index contributed by atoms with van der Waals surface area (Å²) in [5.74, 6) is -0.274. The van der Waals surface area contributed by atoms with Crippen LogP contribution in [0.3, 0.4) is 0 Å². The second-order valence-electron chi connectivity index (χ2n) is 6.29. The van der Waals surface area contributed by atoms with Crippen molar-refractivity contribution in [2.24, 2.45) is 0 Å². The zero-order valence-corrected chi connectivity index (χ0v) is 15.8. The summed E-state index contributed by atoms with van der Waals surface area (Å²) in [6.07, 6.45) is 2.47. The lowest BCUT2D eigenvalue weighted by atomic mass is 10.2. The van der Waals surface area contributed by atoms with Gasteiger partial charge >= 0.3 is 0 Å². The Labute approximate surface area is 155 Å². The average Bonchev–Trinajstić information content (AvgIpc) is 3.02.